The molecule has 0 aliphatic carbocycles. The van der Waals surface area contributed by atoms with E-state index in [4.69, 9.17) is 15.3 Å². The molecule has 0 saturated carbocycles. The smallest absolute Gasteiger partial charge is 0.303 e. The zero-order valence-corrected chi connectivity index (χ0v) is 48.8. The number of carbonyl (C=O) groups is 3. The Morgan fingerprint density at radius 3 is 0.441 bits per heavy atom. The van der Waals surface area contributed by atoms with Crippen LogP contribution in [0.1, 0.15) is 350 Å². The largest absolute Gasteiger partial charge is 0.481 e. The summed E-state index contributed by atoms with van der Waals surface area (Å²) < 4.78 is 0. The molecular weight excluding hydrogens is 905 g/mol. The van der Waals surface area contributed by atoms with Crippen molar-refractivity contribution < 1.29 is 46.8 Å². The van der Waals surface area contributed by atoms with Gasteiger partial charge in [-0.05, 0) is 50.9 Å². The van der Waals surface area contributed by atoms with E-state index < -0.39 is 17.9 Å². The number of rotatable bonds is 51. The second-order valence-corrected chi connectivity index (χ2v) is 22.7. The van der Waals surface area contributed by atoms with Crippen LogP contribution in [0.15, 0.2) is 0 Å². The van der Waals surface area contributed by atoms with Gasteiger partial charge in [-0.15, -0.1) is 0 Å². The average Bonchev–Trinajstić information content (AvgIpc) is 3.31. The third-order valence-electron chi connectivity index (χ3n) is 13.2. The van der Waals surface area contributed by atoms with Gasteiger partial charge in [0.05, 0.1) is 0 Å². The van der Waals surface area contributed by atoms with Gasteiger partial charge in [0.2, 0.25) is 0 Å². The van der Waals surface area contributed by atoms with Crippen molar-refractivity contribution in [3.05, 3.63) is 0 Å². The van der Waals surface area contributed by atoms with Crippen molar-refractivity contribution in [1.82, 2.24) is 0 Å². The van der Waals surface area contributed by atoms with Crippen molar-refractivity contribution in [1.29, 1.82) is 0 Å². The molecule has 0 aromatic heterocycles. The Kier molecular flexibility index (Phi) is 81.6. The average molecular weight is 1030 g/mol. The van der Waals surface area contributed by atoms with E-state index in [1.165, 1.54) is 268 Å². The Morgan fingerprint density at radius 2 is 0.353 bits per heavy atom. The van der Waals surface area contributed by atoms with Gasteiger partial charge in [0.25, 0.3) is 0 Å². The predicted octanol–water partition coefficient (Wildman–Crippen LogP) is 20.7. The maximum atomic E-state index is 10.3. The normalized spacial score (nSPS) is 10.6. The van der Waals surface area contributed by atoms with E-state index in [0.717, 1.165) is 49.4 Å². The number of carboxylic acid groups (broad SMARTS) is 3. The molecule has 0 bridgehead atoms. The standard InChI is InChI=1S/3C18H36O2.C6H15S.Fe/c3*1-2-3-4-5-6-7-8-9-10-11-12-13-14-15-16-17-18(19)20;1-4-7(5-2)6-3;/h3*2-17H2,1H3,(H,19,20);4-6H2,1-3H3;/q;;;+1;. The third-order valence-corrected chi connectivity index (χ3v) is 15.7. The van der Waals surface area contributed by atoms with Gasteiger partial charge in [-0.3, -0.25) is 14.4 Å². The number of aliphatic carboxylic acids is 3. The van der Waals surface area contributed by atoms with Crippen LogP contribution in [0.25, 0.3) is 0 Å². The van der Waals surface area contributed by atoms with E-state index in [1.807, 2.05) is 0 Å². The Balaban J connectivity index is -0.000000270. The topological polar surface area (TPSA) is 112 Å². The van der Waals surface area contributed by atoms with E-state index >= 15 is 0 Å². The zero-order chi connectivity index (χ0) is 50.4. The van der Waals surface area contributed by atoms with E-state index in [2.05, 4.69) is 41.5 Å². The van der Waals surface area contributed by atoms with Gasteiger partial charge < -0.3 is 15.3 Å². The molecule has 0 heterocycles. The summed E-state index contributed by atoms with van der Waals surface area (Å²) in [7, 11) is 0.755. The molecule has 0 rings (SSSR count). The second-order valence-electron chi connectivity index (χ2n) is 19.8. The van der Waals surface area contributed by atoms with Crippen LogP contribution in [0, 0.1) is 0 Å². The van der Waals surface area contributed by atoms with E-state index in [-0.39, 0.29) is 17.1 Å². The summed E-state index contributed by atoms with van der Waals surface area (Å²) >= 11 is 0. The number of carboxylic acids is 3. The van der Waals surface area contributed by atoms with Crippen LogP contribution in [0.3, 0.4) is 0 Å². The molecule has 0 atom stereocenters. The van der Waals surface area contributed by atoms with Crippen LogP contribution in [-0.4, -0.2) is 50.5 Å². The van der Waals surface area contributed by atoms with E-state index in [9.17, 15) is 14.4 Å². The molecule has 0 fully saturated rings. The molecule has 0 unspecified atom stereocenters. The summed E-state index contributed by atoms with van der Waals surface area (Å²) in [4.78, 5) is 31.0. The fourth-order valence-electron chi connectivity index (χ4n) is 8.56. The number of hydrogen-bond donors (Lipinski definition) is 3. The second kappa shape index (κ2) is 72.8. The molecule has 6 nitrogen and oxygen atoms in total. The summed E-state index contributed by atoms with van der Waals surface area (Å²) in [6.45, 7) is 13.6. The molecule has 0 radical (unpaired) electrons. The molecule has 0 aliphatic rings. The third kappa shape index (κ3) is 85.2. The van der Waals surface area contributed by atoms with Crippen molar-refractivity contribution in [3.8, 4) is 0 Å². The Labute approximate surface area is 440 Å². The maximum absolute atomic E-state index is 10.3. The summed E-state index contributed by atoms with van der Waals surface area (Å²) in [5.74, 6) is 2.19. The molecule has 0 amide bonds. The molecule has 68 heavy (non-hydrogen) atoms. The van der Waals surface area contributed by atoms with Crippen molar-refractivity contribution in [3.63, 3.8) is 0 Å². The molecule has 0 aliphatic heterocycles. The monoisotopic (exact) mass is 1030 g/mol. The van der Waals surface area contributed by atoms with Crippen molar-refractivity contribution in [2.24, 2.45) is 0 Å². The SMILES string of the molecule is CCCCCCCCCCCCCCCCCC(=O)O.CCCCCCCCCCCCCCCCCC(=O)O.CCCCCCCCCCCCCCCCCC(=O)O.CC[S+](CC)CC.[Fe]. The van der Waals surface area contributed by atoms with Gasteiger partial charge >= 0.3 is 17.9 Å². The minimum Gasteiger partial charge on any atom is -0.481 e. The zero-order valence-electron chi connectivity index (χ0n) is 46.9. The molecule has 0 saturated heterocycles. The Bertz CT molecular complexity index is 806. The Hall–Kier alpha value is -0.721. The van der Waals surface area contributed by atoms with Crippen LogP contribution in [-0.2, 0) is 42.3 Å². The van der Waals surface area contributed by atoms with Crippen LogP contribution in [0.2, 0.25) is 0 Å². The summed E-state index contributed by atoms with van der Waals surface area (Å²) in [5, 5.41) is 25.6. The first-order valence-corrected chi connectivity index (χ1v) is 31.7. The predicted molar refractivity (Wildman–Crippen MR) is 301 cm³/mol. The van der Waals surface area contributed by atoms with Crippen molar-refractivity contribution in [2.75, 3.05) is 17.3 Å². The van der Waals surface area contributed by atoms with Crippen LogP contribution in [0.5, 0.6) is 0 Å². The maximum Gasteiger partial charge on any atom is 0.303 e. The van der Waals surface area contributed by atoms with Gasteiger partial charge in [0.15, 0.2) is 0 Å². The number of unbranched alkanes of at least 4 members (excludes halogenated alkanes) is 42. The van der Waals surface area contributed by atoms with Gasteiger partial charge in [-0.25, -0.2) is 0 Å². The molecule has 8 heteroatoms. The minimum absolute atomic E-state index is 0. The van der Waals surface area contributed by atoms with Crippen LogP contribution in [0.4, 0.5) is 0 Å². The summed E-state index contributed by atoms with van der Waals surface area (Å²) in [6.07, 6.45) is 60.6. The first-order valence-electron chi connectivity index (χ1n) is 30.0. The van der Waals surface area contributed by atoms with Gasteiger partial charge in [-0.1, -0.05) is 290 Å². The molecular formula is C60H123FeO6S+. The van der Waals surface area contributed by atoms with Gasteiger partial charge in [0.1, 0.15) is 17.3 Å². The molecule has 0 aromatic rings. The van der Waals surface area contributed by atoms with E-state index in [0.29, 0.717) is 19.3 Å². The van der Waals surface area contributed by atoms with Gasteiger partial charge in [-0.2, -0.15) is 0 Å². The van der Waals surface area contributed by atoms with Crippen molar-refractivity contribution in [2.45, 2.75) is 350 Å². The van der Waals surface area contributed by atoms with Crippen LogP contribution >= 0.6 is 0 Å². The molecule has 0 spiro atoms. The van der Waals surface area contributed by atoms with Crippen molar-refractivity contribution >= 4 is 28.8 Å². The molecule has 0 aromatic carbocycles. The Morgan fingerprint density at radius 1 is 0.235 bits per heavy atom. The minimum atomic E-state index is -0.653. The molecule has 3 N–H and O–H groups in total. The fourth-order valence-corrected chi connectivity index (χ4v) is 9.78. The summed E-state index contributed by atoms with van der Waals surface area (Å²) in [6, 6.07) is 0. The van der Waals surface area contributed by atoms with Crippen LogP contribution < -0.4 is 0 Å². The number of hydrogen-bond acceptors (Lipinski definition) is 3. The first-order chi connectivity index (χ1) is 32.7. The first kappa shape index (κ1) is 76.2. The summed E-state index contributed by atoms with van der Waals surface area (Å²) in [5.41, 5.74) is 0. The fraction of sp³-hybridized carbons (Fsp3) is 0.950. The van der Waals surface area contributed by atoms with Gasteiger partial charge in [0, 0.05) is 36.3 Å². The molecule has 412 valence electrons. The van der Waals surface area contributed by atoms with E-state index in [1.54, 1.807) is 0 Å². The quantitative estimate of drug-likeness (QED) is 0.0318.